The number of hydrogen-bond acceptors (Lipinski definition) is 5. The molecule has 0 N–H and O–H groups in total. The summed E-state index contributed by atoms with van der Waals surface area (Å²) < 4.78 is 62.1. The first kappa shape index (κ1) is 16.0. The van der Waals surface area contributed by atoms with Gasteiger partial charge in [-0.2, -0.15) is 13.2 Å². The molecule has 2 rings (SSSR count). The third-order valence-corrected chi connectivity index (χ3v) is 4.81. The highest BCUT2D eigenvalue weighted by Gasteiger charge is 2.35. The highest BCUT2D eigenvalue weighted by atomic mass is 32.2. The Balaban J connectivity index is 2.15. The normalized spacial score (nSPS) is 20.3. The van der Waals surface area contributed by atoms with Crippen molar-refractivity contribution in [2.75, 3.05) is 31.3 Å². The van der Waals surface area contributed by atoms with Crippen molar-refractivity contribution < 1.29 is 21.6 Å². The molecule has 0 aromatic carbocycles. The number of rotatable bonds is 3. The van der Waals surface area contributed by atoms with Crippen LogP contribution in [0.3, 0.4) is 0 Å². The standard InChI is InChI=1S/C11H15F3N4O2S/c1-17(21(2,19)20)8-3-4-18(6-8)10-5-9(11(12,13)14)15-7-16-10/h5,7-8H,3-4,6H2,1-2H3. The van der Waals surface area contributed by atoms with Gasteiger partial charge in [0.25, 0.3) is 0 Å². The molecule has 1 saturated heterocycles. The molecule has 1 aliphatic rings. The minimum Gasteiger partial charge on any atom is -0.355 e. The van der Waals surface area contributed by atoms with Crippen LogP contribution in [0.1, 0.15) is 12.1 Å². The molecule has 1 aliphatic heterocycles. The van der Waals surface area contributed by atoms with Gasteiger partial charge in [0, 0.05) is 32.2 Å². The van der Waals surface area contributed by atoms with E-state index >= 15 is 0 Å². The Bertz CT molecular complexity index is 620. The molecule has 0 saturated carbocycles. The molecule has 0 aliphatic carbocycles. The number of alkyl halides is 3. The van der Waals surface area contributed by atoms with Gasteiger partial charge in [-0.1, -0.05) is 0 Å². The predicted octanol–water partition coefficient (Wildman–Crippen LogP) is 0.966. The number of hydrogen-bond donors (Lipinski definition) is 0. The predicted molar refractivity (Wildman–Crippen MR) is 70.3 cm³/mol. The minimum absolute atomic E-state index is 0.154. The molecule has 6 nitrogen and oxygen atoms in total. The van der Waals surface area contributed by atoms with Gasteiger partial charge in [-0.25, -0.2) is 22.7 Å². The number of halogens is 3. The lowest BCUT2D eigenvalue weighted by Crippen LogP contribution is -2.38. The summed E-state index contributed by atoms with van der Waals surface area (Å²) in [4.78, 5) is 8.67. The van der Waals surface area contributed by atoms with E-state index in [0.717, 1.165) is 18.6 Å². The zero-order chi connectivity index (χ0) is 15.8. The summed E-state index contributed by atoms with van der Waals surface area (Å²) in [6.07, 6.45) is -2.02. The zero-order valence-electron chi connectivity index (χ0n) is 11.5. The van der Waals surface area contributed by atoms with Crippen molar-refractivity contribution in [3.8, 4) is 0 Å². The van der Waals surface area contributed by atoms with Crippen LogP contribution in [-0.2, 0) is 16.2 Å². The van der Waals surface area contributed by atoms with Gasteiger partial charge >= 0.3 is 6.18 Å². The van der Waals surface area contributed by atoms with E-state index in [-0.39, 0.29) is 11.9 Å². The first-order valence-corrected chi connectivity index (χ1v) is 8.01. The van der Waals surface area contributed by atoms with Crippen LogP contribution in [-0.4, -0.2) is 55.1 Å². The second kappa shape index (κ2) is 5.41. The molecule has 1 aromatic heterocycles. The van der Waals surface area contributed by atoms with Gasteiger partial charge in [-0.05, 0) is 6.42 Å². The molecule has 0 bridgehead atoms. The van der Waals surface area contributed by atoms with Crippen molar-refractivity contribution in [1.29, 1.82) is 0 Å². The van der Waals surface area contributed by atoms with Crippen LogP contribution < -0.4 is 4.90 Å². The molecule has 0 radical (unpaired) electrons. The Labute approximate surface area is 120 Å². The molecule has 118 valence electrons. The van der Waals surface area contributed by atoms with E-state index in [2.05, 4.69) is 9.97 Å². The van der Waals surface area contributed by atoms with E-state index in [0.29, 0.717) is 19.5 Å². The van der Waals surface area contributed by atoms with Gasteiger partial charge < -0.3 is 4.90 Å². The van der Waals surface area contributed by atoms with Crippen molar-refractivity contribution in [2.45, 2.75) is 18.6 Å². The van der Waals surface area contributed by atoms with Crippen LogP contribution in [0.15, 0.2) is 12.4 Å². The van der Waals surface area contributed by atoms with E-state index in [4.69, 9.17) is 0 Å². The molecular formula is C11H15F3N4O2S. The maximum atomic E-state index is 12.6. The monoisotopic (exact) mass is 324 g/mol. The van der Waals surface area contributed by atoms with Crippen molar-refractivity contribution in [3.05, 3.63) is 18.1 Å². The van der Waals surface area contributed by atoms with Crippen LogP contribution in [0.25, 0.3) is 0 Å². The van der Waals surface area contributed by atoms with E-state index in [1.807, 2.05) is 0 Å². The molecule has 2 heterocycles. The van der Waals surface area contributed by atoms with E-state index in [1.54, 1.807) is 4.90 Å². The largest absolute Gasteiger partial charge is 0.433 e. The summed E-state index contributed by atoms with van der Waals surface area (Å²) in [5, 5.41) is 0. The number of likely N-dealkylation sites (N-methyl/N-ethyl adjacent to an activating group) is 1. The lowest BCUT2D eigenvalue weighted by Gasteiger charge is -2.23. The van der Waals surface area contributed by atoms with Gasteiger partial charge in [-0.15, -0.1) is 0 Å². The van der Waals surface area contributed by atoms with Gasteiger partial charge in [0.2, 0.25) is 10.0 Å². The molecule has 1 unspecified atom stereocenters. The fourth-order valence-electron chi connectivity index (χ4n) is 2.19. The SMILES string of the molecule is CN(C1CCN(c2cc(C(F)(F)F)ncn2)C1)S(C)(=O)=O. The maximum Gasteiger partial charge on any atom is 0.433 e. The summed E-state index contributed by atoms with van der Waals surface area (Å²) >= 11 is 0. The molecule has 0 amide bonds. The van der Waals surface area contributed by atoms with Crippen LogP contribution in [0.4, 0.5) is 19.0 Å². The first-order chi connectivity index (χ1) is 9.59. The smallest absolute Gasteiger partial charge is 0.355 e. The minimum atomic E-state index is -4.53. The summed E-state index contributed by atoms with van der Waals surface area (Å²) in [6, 6.07) is 0.604. The van der Waals surface area contributed by atoms with Crippen LogP contribution in [0, 0.1) is 0 Å². The van der Waals surface area contributed by atoms with E-state index in [9.17, 15) is 21.6 Å². The molecule has 10 heteroatoms. The molecule has 1 atom stereocenters. The van der Waals surface area contributed by atoms with Crippen molar-refractivity contribution in [2.24, 2.45) is 0 Å². The van der Waals surface area contributed by atoms with E-state index < -0.39 is 21.9 Å². The van der Waals surface area contributed by atoms with Crippen molar-refractivity contribution >= 4 is 15.8 Å². The Hall–Kier alpha value is -1.42. The fourth-order valence-corrected chi connectivity index (χ4v) is 2.91. The summed E-state index contributed by atoms with van der Waals surface area (Å²) in [5.74, 6) is 0.154. The average molecular weight is 324 g/mol. The lowest BCUT2D eigenvalue weighted by molar-refractivity contribution is -0.141. The maximum absolute atomic E-state index is 12.6. The highest BCUT2D eigenvalue weighted by molar-refractivity contribution is 7.88. The summed E-state index contributed by atoms with van der Waals surface area (Å²) in [7, 11) is -1.87. The fraction of sp³-hybridized carbons (Fsp3) is 0.636. The highest BCUT2D eigenvalue weighted by Crippen LogP contribution is 2.30. The third kappa shape index (κ3) is 3.62. The van der Waals surface area contributed by atoms with Crippen LogP contribution in [0.5, 0.6) is 0 Å². The number of nitrogens with zero attached hydrogens (tertiary/aromatic N) is 4. The summed E-state index contributed by atoms with van der Waals surface area (Å²) in [6.45, 7) is 0.747. The Morgan fingerprint density at radius 2 is 2.05 bits per heavy atom. The van der Waals surface area contributed by atoms with Crippen LogP contribution >= 0.6 is 0 Å². The van der Waals surface area contributed by atoms with Crippen molar-refractivity contribution in [1.82, 2.24) is 14.3 Å². The molecular weight excluding hydrogens is 309 g/mol. The Kier molecular flexibility index (Phi) is 4.11. The summed E-state index contributed by atoms with van der Waals surface area (Å²) in [5.41, 5.74) is -1.01. The molecule has 1 fully saturated rings. The van der Waals surface area contributed by atoms with Crippen LogP contribution in [0.2, 0.25) is 0 Å². The molecule has 1 aromatic rings. The third-order valence-electron chi connectivity index (χ3n) is 3.47. The number of anilines is 1. The van der Waals surface area contributed by atoms with Gasteiger partial charge in [0.05, 0.1) is 6.26 Å². The molecule has 21 heavy (non-hydrogen) atoms. The average Bonchev–Trinajstić information content (AvgIpc) is 2.85. The van der Waals surface area contributed by atoms with Gasteiger partial charge in [-0.3, -0.25) is 0 Å². The zero-order valence-corrected chi connectivity index (χ0v) is 12.3. The van der Waals surface area contributed by atoms with E-state index in [1.165, 1.54) is 11.4 Å². The topological polar surface area (TPSA) is 66.4 Å². The Morgan fingerprint density at radius 1 is 1.38 bits per heavy atom. The molecule has 0 spiro atoms. The quantitative estimate of drug-likeness (QED) is 0.829. The second-order valence-corrected chi connectivity index (χ2v) is 6.97. The first-order valence-electron chi connectivity index (χ1n) is 6.16. The van der Waals surface area contributed by atoms with Crippen molar-refractivity contribution in [3.63, 3.8) is 0 Å². The number of sulfonamides is 1. The van der Waals surface area contributed by atoms with Gasteiger partial charge in [0.1, 0.15) is 17.8 Å². The second-order valence-electron chi connectivity index (χ2n) is 4.93. The van der Waals surface area contributed by atoms with Gasteiger partial charge in [0.15, 0.2) is 0 Å². The Morgan fingerprint density at radius 3 is 2.62 bits per heavy atom. The lowest BCUT2D eigenvalue weighted by atomic mass is 10.3. The number of aromatic nitrogens is 2.